The van der Waals surface area contributed by atoms with Crippen LogP contribution in [0.3, 0.4) is 0 Å². The number of hydrogen-bond acceptors (Lipinski definition) is 5. The van der Waals surface area contributed by atoms with Crippen LogP contribution in [0.4, 0.5) is 0 Å². The van der Waals surface area contributed by atoms with Crippen LogP contribution in [0, 0.1) is 0 Å². The average molecular weight is 352 g/mol. The lowest BCUT2D eigenvalue weighted by atomic mass is 10.1. The molecule has 0 spiro atoms. The number of rotatable bonds is 6. The number of fused-ring (bicyclic) bond motifs is 1. The summed E-state index contributed by atoms with van der Waals surface area (Å²) in [5, 5.41) is 0.803. The molecule has 0 unspecified atom stereocenters. The Kier molecular flexibility index (Phi) is 4.98. The highest BCUT2D eigenvalue weighted by atomic mass is 16.5. The van der Waals surface area contributed by atoms with E-state index in [1.165, 1.54) is 0 Å². The van der Waals surface area contributed by atoms with Crippen LogP contribution in [0.2, 0.25) is 0 Å². The highest BCUT2D eigenvalue weighted by Crippen LogP contribution is 2.32. The van der Waals surface area contributed by atoms with Crippen LogP contribution in [0.15, 0.2) is 63.8 Å². The van der Waals surface area contributed by atoms with Crippen LogP contribution in [0.1, 0.15) is 6.92 Å². The van der Waals surface area contributed by atoms with Gasteiger partial charge in [0.25, 0.3) is 0 Å². The van der Waals surface area contributed by atoms with E-state index in [1.807, 2.05) is 19.1 Å². The molecule has 0 atom stereocenters. The zero-order valence-electron chi connectivity index (χ0n) is 15.0. The molecule has 0 radical (unpaired) electrons. The minimum absolute atomic E-state index is 0.416. The maximum absolute atomic E-state index is 12.5. The SMILES string of the molecule is C=C(C)COc1ccc2cc(-c3ccc(OC)c(OC)c3)c(=O)oc2c1. The van der Waals surface area contributed by atoms with Gasteiger partial charge in [-0.3, -0.25) is 0 Å². The van der Waals surface area contributed by atoms with Gasteiger partial charge < -0.3 is 18.6 Å². The summed E-state index contributed by atoms with van der Waals surface area (Å²) in [7, 11) is 3.12. The lowest BCUT2D eigenvalue weighted by molar-refractivity contribution is 0.352. The van der Waals surface area contributed by atoms with Crippen molar-refractivity contribution in [2.75, 3.05) is 20.8 Å². The first-order chi connectivity index (χ1) is 12.5. The van der Waals surface area contributed by atoms with Crippen molar-refractivity contribution in [3.05, 3.63) is 65.0 Å². The van der Waals surface area contributed by atoms with E-state index in [1.54, 1.807) is 44.6 Å². The second-order valence-corrected chi connectivity index (χ2v) is 5.96. The van der Waals surface area contributed by atoms with E-state index >= 15 is 0 Å². The fraction of sp³-hybridized carbons (Fsp3) is 0.190. The molecule has 134 valence electrons. The van der Waals surface area contributed by atoms with Crippen LogP contribution >= 0.6 is 0 Å². The molecule has 0 saturated carbocycles. The topological polar surface area (TPSA) is 57.9 Å². The summed E-state index contributed by atoms with van der Waals surface area (Å²) in [6.07, 6.45) is 0. The van der Waals surface area contributed by atoms with Crippen LogP contribution in [0.5, 0.6) is 17.2 Å². The third kappa shape index (κ3) is 3.57. The van der Waals surface area contributed by atoms with E-state index in [-0.39, 0.29) is 0 Å². The van der Waals surface area contributed by atoms with Crippen molar-refractivity contribution >= 4 is 11.0 Å². The second-order valence-electron chi connectivity index (χ2n) is 5.96. The van der Waals surface area contributed by atoms with Crippen LogP contribution in [-0.2, 0) is 0 Å². The van der Waals surface area contributed by atoms with E-state index in [4.69, 9.17) is 18.6 Å². The maximum atomic E-state index is 12.5. The predicted octanol–water partition coefficient (Wildman–Crippen LogP) is 4.43. The second kappa shape index (κ2) is 7.35. The Hall–Kier alpha value is -3.21. The number of methoxy groups -OCH3 is 2. The Morgan fingerprint density at radius 2 is 1.81 bits per heavy atom. The lowest BCUT2D eigenvalue weighted by Crippen LogP contribution is -2.03. The van der Waals surface area contributed by atoms with Crippen molar-refractivity contribution in [1.82, 2.24) is 0 Å². The van der Waals surface area contributed by atoms with Gasteiger partial charge in [-0.1, -0.05) is 12.6 Å². The van der Waals surface area contributed by atoms with E-state index in [9.17, 15) is 4.79 Å². The van der Waals surface area contributed by atoms with Gasteiger partial charge in [-0.05, 0) is 48.4 Å². The third-order valence-electron chi connectivity index (χ3n) is 3.89. The van der Waals surface area contributed by atoms with Gasteiger partial charge in [0.15, 0.2) is 11.5 Å². The molecule has 5 heteroatoms. The normalized spacial score (nSPS) is 10.6. The van der Waals surface area contributed by atoms with Gasteiger partial charge in [0.2, 0.25) is 0 Å². The van der Waals surface area contributed by atoms with Crippen LogP contribution < -0.4 is 19.8 Å². The Labute approximate surface area is 151 Å². The molecule has 0 fully saturated rings. The molecule has 2 aromatic carbocycles. The van der Waals surface area contributed by atoms with E-state index in [2.05, 4.69) is 6.58 Å². The quantitative estimate of drug-likeness (QED) is 0.485. The first-order valence-electron chi connectivity index (χ1n) is 8.09. The van der Waals surface area contributed by atoms with E-state index in [0.29, 0.717) is 40.6 Å². The van der Waals surface area contributed by atoms with Crippen molar-refractivity contribution in [3.8, 4) is 28.4 Å². The average Bonchev–Trinajstić information content (AvgIpc) is 2.65. The van der Waals surface area contributed by atoms with Gasteiger partial charge >= 0.3 is 5.63 Å². The van der Waals surface area contributed by atoms with Crippen molar-refractivity contribution < 1.29 is 18.6 Å². The van der Waals surface area contributed by atoms with Crippen molar-refractivity contribution in [2.24, 2.45) is 0 Å². The maximum Gasteiger partial charge on any atom is 0.344 e. The summed E-state index contributed by atoms with van der Waals surface area (Å²) >= 11 is 0. The van der Waals surface area contributed by atoms with Gasteiger partial charge in [-0.2, -0.15) is 0 Å². The highest BCUT2D eigenvalue weighted by Gasteiger charge is 2.12. The molecule has 5 nitrogen and oxygen atoms in total. The van der Waals surface area contributed by atoms with E-state index < -0.39 is 5.63 Å². The first kappa shape index (κ1) is 17.6. The molecule has 0 amide bonds. The summed E-state index contributed by atoms with van der Waals surface area (Å²) in [5.74, 6) is 1.77. The molecule has 0 aliphatic carbocycles. The zero-order chi connectivity index (χ0) is 18.7. The molecule has 0 N–H and O–H groups in total. The largest absolute Gasteiger partial charge is 0.493 e. The van der Waals surface area contributed by atoms with Crippen LogP contribution in [0.25, 0.3) is 22.1 Å². The Balaban J connectivity index is 2.03. The van der Waals surface area contributed by atoms with Gasteiger partial charge in [0.05, 0.1) is 19.8 Å². The molecule has 3 aromatic rings. The molecular weight excluding hydrogens is 332 g/mol. The van der Waals surface area contributed by atoms with Gasteiger partial charge in [-0.15, -0.1) is 0 Å². The molecule has 26 heavy (non-hydrogen) atoms. The van der Waals surface area contributed by atoms with E-state index in [0.717, 1.165) is 11.0 Å². The smallest absolute Gasteiger partial charge is 0.344 e. The molecule has 0 saturated heterocycles. The number of ether oxygens (including phenoxy) is 3. The highest BCUT2D eigenvalue weighted by molar-refractivity contribution is 5.83. The molecular formula is C21H20O5. The number of hydrogen-bond donors (Lipinski definition) is 0. The monoisotopic (exact) mass is 352 g/mol. The summed E-state index contributed by atoms with van der Waals surface area (Å²) < 4.78 is 21.6. The van der Waals surface area contributed by atoms with Gasteiger partial charge in [0.1, 0.15) is 17.9 Å². The third-order valence-corrected chi connectivity index (χ3v) is 3.89. The predicted molar refractivity (Wildman–Crippen MR) is 101 cm³/mol. The molecule has 1 aromatic heterocycles. The summed E-state index contributed by atoms with van der Waals surface area (Å²) in [6.45, 7) is 6.10. The fourth-order valence-electron chi connectivity index (χ4n) is 2.59. The zero-order valence-corrected chi connectivity index (χ0v) is 15.0. The van der Waals surface area contributed by atoms with Crippen LogP contribution in [-0.4, -0.2) is 20.8 Å². The Bertz CT molecular complexity index is 1020. The molecule has 3 rings (SSSR count). The molecule has 0 aliphatic heterocycles. The minimum atomic E-state index is -0.429. The Morgan fingerprint density at radius 3 is 2.50 bits per heavy atom. The Morgan fingerprint density at radius 1 is 1.04 bits per heavy atom. The van der Waals surface area contributed by atoms with Crippen molar-refractivity contribution in [3.63, 3.8) is 0 Å². The summed E-state index contributed by atoms with van der Waals surface area (Å²) in [4.78, 5) is 12.5. The molecule has 0 aliphatic rings. The minimum Gasteiger partial charge on any atom is -0.493 e. The fourth-order valence-corrected chi connectivity index (χ4v) is 2.59. The number of benzene rings is 2. The first-order valence-corrected chi connectivity index (χ1v) is 8.09. The van der Waals surface area contributed by atoms with Gasteiger partial charge in [0, 0.05) is 11.5 Å². The van der Waals surface area contributed by atoms with Crippen molar-refractivity contribution in [1.29, 1.82) is 0 Å². The van der Waals surface area contributed by atoms with Gasteiger partial charge in [-0.25, -0.2) is 4.79 Å². The molecule has 0 bridgehead atoms. The lowest BCUT2D eigenvalue weighted by Gasteiger charge is -2.10. The summed E-state index contributed by atoms with van der Waals surface area (Å²) in [6, 6.07) is 12.5. The summed E-state index contributed by atoms with van der Waals surface area (Å²) in [5.41, 5.74) is 2.10. The van der Waals surface area contributed by atoms with Crippen molar-refractivity contribution in [2.45, 2.75) is 6.92 Å². The standard InChI is InChI=1S/C21H20O5/c1-13(2)12-25-16-7-5-15-9-17(21(22)26-19(15)11-16)14-6-8-18(23-3)20(10-14)24-4/h5-11H,1,12H2,2-4H3. The molecule has 1 heterocycles.